The molecule has 0 spiro atoms. The van der Waals surface area contributed by atoms with E-state index in [0.717, 1.165) is 19.3 Å². The zero-order chi connectivity index (χ0) is 14.6. The van der Waals surface area contributed by atoms with Gasteiger partial charge in [-0.15, -0.1) is 0 Å². The van der Waals surface area contributed by atoms with Gasteiger partial charge in [-0.1, -0.05) is 17.7 Å². The quantitative estimate of drug-likeness (QED) is 0.788. The fraction of sp³-hybridized carbons (Fsp3) is 0.357. The number of hydrogen-bond acceptors (Lipinski definition) is 3. The van der Waals surface area contributed by atoms with Gasteiger partial charge in [-0.2, -0.15) is 0 Å². The van der Waals surface area contributed by atoms with Crippen LogP contribution in [0.25, 0.3) is 0 Å². The van der Waals surface area contributed by atoms with Crippen molar-refractivity contribution in [2.24, 2.45) is 0 Å². The zero-order valence-corrected chi connectivity index (χ0v) is 11.8. The van der Waals surface area contributed by atoms with Crippen LogP contribution >= 0.6 is 0 Å². The smallest absolute Gasteiger partial charge is 0.335 e. The SMILES string of the molecule is O=C(O)c1cccc(S(=O)(=O)NCCC2=CCCC2)c1. The van der Waals surface area contributed by atoms with Gasteiger partial charge in [0.2, 0.25) is 10.0 Å². The third kappa shape index (κ3) is 3.68. The number of aromatic carboxylic acids is 1. The average Bonchev–Trinajstić information content (AvgIpc) is 2.92. The molecule has 0 saturated carbocycles. The Bertz CT molecular complexity index is 634. The predicted octanol–water partition coefficient (Wildman–Crippen LogP) is 2.16. The maximum absolute atomic E-state index is 12.1. The van der Waals surface area contributed by atoms with Crippen LogP contribution in [0.1, 0.15) is 36.0 Å². The lowest BCUT2D eigenvalue weighted by Gasteiger charge is -2.08. The summed E-state index contributed by atoms with van der Waals surface area (Å²) in [6.07, 6.45) is 6.11. The van der Waals surface area contributed by atoms with Gasteiger partial charge in [0, 0.05) is 6.54 Å². The molecule has 6 heteroatoms. The average molecular weight is 295 g/mol. The summed E-state index contributed by atoms with van der Waals surface area (Å²) in [5, 5.41) is 8.87. The van der Waals surface area contributed by atoms with Crippen LogP contribution < -0.4 is 4.72 Å². The third-order valence-corrected chi connectivity index (χ3v) is 4.72. The molecule has 1 aromatic rings. The lowest BCUT2D eigenvalue weighted by Crippen LogP contribution is -2.25. The molecule has 0 aromatic heterocycles. The third-order valence-electron chi connectivity index (χ3n) is 3.26. The van der Waals surface area contributed by atoms with E-state index in [2.05, 4.69) is 10.8 Å². The summed E-state index contributed by atoms with van der Waals surface area (Å²) in [5.74, 6) is -1.14. The van der Waals surface area contributed by atoms with Crippen LogP contribution in [0.5, 0.6) is 0 Å². The van der Waals surface area contributed by atoms with E-state index in [4.69, 9.17) is 5.11 Å². The number of rotatable bonds is 6. The highest BCUT2D eigenvalue weighted by Crippen LogP contribution is 2.20. The molecule has 0 saturated heterocycles. The van der Waals surface area contributed by atoms with E-state index in [0.29, 0.717) is 13.0 Å². The van der Waals surface area contributed by atoms with Crippen molar-refractivity contribution in [2.45, 2.75) is 30.6 Å². The van der Waals surface area contributed by atoms with Crippen molar-refractivity contribution in [3.63, 3.8) is 0 Å². The van der Waals surface area contributed by atoms with Gasteiger partial charge in [0.15, 0.2) is 0 Å². The molecule has 0 radical (unpaired) electrons. The van der Waals surface area contributed by atoms with Crippen LogP contribution in [-0.2, 0) is 10.0 Å². The fourth-order valence-electron chi connectivity index (χ4n) is 2.19. The second-order valence-electron chi connectivity index (χ2n) is 4.74. The van der Waals surface area contributed by atoms with Crippen LogP contribution in [0.3, 0.4) is 0 Å². The minimum Gasteiger partial charge on any atom is -0.478 e. The highest BCUT2D eigenvalue weighted by atomic mass is 32.2. The number of carbonyl (C=O) groups is 1. The highest BCUT2D eigenvalue weighted by Gasteiger charge is 2.16. The van der Waals surface area contributed by atoms with Gasteiger partial charge >= 0.3 is 5.97 Å². The van der Waals surface area contributed by atoms with Crippen LogP contribution in [0.4, 0.5) is 0 Å². The molecule has 0 atom stereocenters. The normalized spacial score (nSPS) is 15.1. The number of carboxylic acids is 1. The Kier molecular flexibility index (Phi) is 4.57. The molecule has 5 nitrogen and oxygen atoms in total. The Labute approximate surface area is 118 Å². The van der Waals surface area contributed by atoms with Gasteiger partial charge in [-0.05, 0) is 43.9 Å². The van der Waals surface area contributed by atoms with Crippen molar-refractivity contribution in [3.05, 3.63) is 41.5 Å². The Hall–Kier alpha value is -1.66. The van der Waals surface area contributed by atoms with Gasteiger partial charge in [-0.3, -0.25) is 0 Å². The summed E-state index contributed by atoms with van der Waals surface area (Å²) in [6.45, 7) is 0.339. The summed E-state index contributed by atoms with van der Waals surface area (Å²) in [6, 6.07) is 5.35. The number of hydrogen-bond donors (Lipinski definition) is 2. The molecule has 108 valence electrons. The second-order valence-corrected chi connectivity index (χ2v) is 6.50. The number of allylic oxidation sites excluding steroid dienone is 1. The largest absolute Gasteiger partial charge is 0.478 e. The first-order chi connectivity index (χ1) is 9.49. The van der Waals surface area contributed by atoms with E-state index in [-0.39, 0.29) is 10.5 Å². The number of benzene rings is 1. The molecule has 20 heavy (non-hydrogen) atoms. The van der Waals surface area contributed by atoms with E-state index in [1.54, 1.807) is 0 Å². The molecule has 0 fully saturated rings. The molecule has 1 aliphatic carbocycles. The Balaban J connectivity index is 2.02. The molecular formula is C14H17NO4S. The minimum absolute atomic E-state index is 0.0159. The summed E-state index contributed by atoms with van der Waals surface area (Å²) >= 11 is 0. The van der Waals surface area contributed by atoms with E-state index >= 15 is 0 Å². The van der Waals surface area contributed by atoms with E-state index in [1.165, 1.54) is 29.8 Å². The van der Waals surface area contributed by atoms with Crippen LogP contribution in [0.2, 0.25) is 0 Å². The number of nitrogens with one attached hydrogen (secondary N) is 1. The van der Waals surface area contributed by atoms with E-state index in [9.17, 15) is 13.2 Å². The number of carboxylic acid groups (broad SMARTS) is 1. The molecule has 2 rings (SSSR count). The molecule has 0 amide bonds. The van der Waals surface area contributed by atoms with Crippen molar-refractivity contribution in [2.75, 3.05) is 6.54 Å². The van der Waals surface area contributed by atoms with E-state index < -0.39 is 16.0 Å². The maximum atomic E-state index is 12.1. The molecular weight excluding hydrogens is 278 g/mol. The standard InChI is InChI=1S/C14H17NO4S/c16-14(17)12-6-3-7-13(10-12)20(18,19)15-9-8-11-4-1-2-5-11/h3-4,6-7,10,15H,1-2,5,8-9H2,(H,16,17). The van der Waals surface area contributed by atoms with Gasteiger partial charge in [0.1, 0.15) is 0 Å². The summed E-state index contributed by atoms with van der Waals surface area (Å²) in [5.41, 5.74) is 1.25. The monoisotopic (exact) mass is 295 g/mol. The maximum Gasteiger partial charge on any atom is 0.335 e. The molecule has 1 aromatic carbocycles. The van der Waals surface area contributed by atoms with Gasteiger partial charge in [0.05, 0.1) is 10.5 Å². The molecule has 2 N–H and O–H groups in total. The summed E-state index contributed by atoms with van der Waals surface area (Å²) in [4.78, 5) is 10.8. The Morgan fingerprint density at radius 2 is 2.15 bits per heavy atom. The van der Waals surface area contributed by atoms with Crippen LogP contribution in [-0.4, -0.2) is 26.0 Å². The first-order valence-electron chi connectivity index (χ1n) is 6.50. The topological polar surface area (TPSA) is 83.5 Å². The lowest BCUT2D eigenvalue weighted by atomic mass is 10.2. The summed E-state index contributed by atoms with van der Waals surface area (Å²) < 4.78 is 26.6. The zero-order valence-electron chi connectivity index (χ0n) is 11.0. The minimum atomic E-state index is -3.65. The predicted molar refractivity (Wildman–Crippen MR) is 75.1 cm³/mol. The number of sulfonamides is 1. The van der Waals surface area contributed by atoms with Crippen molar-refractivity contribution in [1.82, 2.24) is 4.72 Å². The fourth-order valence-corrected chi connectivity index (χ4v) is 3.27. The Morgan fingerprint density at radius 3 is 2.80 bits per heavy atom. The molecule has 0 aliphatic heterocycles. The van der Waals surface area contributed by atoms with Crippen molar-refractivity contribution in [1.29, 1.82) is 0 Å². The van der Waals surface area contributed by atoms with Gasteiger partial charge < -0.3 is 5.11 Å². The first-order valence-corrected chi connectivity index (χ1v) is 7.98. The van der Waals surface area contributed by atoms with Crippen molar-refractivity contribution in [3.8, 4) is 0 Å². The van der Waals surface area contributed by atoms with Crippen molar-refractivity contribution >= 4 is 16.0 Å². The highest BCUT2D eigenvalue weighted by molar-refractivity contribution is 7.89. The molecule has 0 unspecified atom stereocenters. The van der Waals surface area contributed by atoms with Gasteiger partial charge in [0.25, 0.3) is 0 Å². The second kappa shape index (κ2) is 6.19. The van der Waals surface area contributed by atoms with Gasteiger partial charge in [-0.25, -0.2) is 17.9 Å². The Morgan fingerprint density at radius 1 is 1.35 bits per heavy atom. The van der Waals surface area contributed by atoms with Crippen LogP contribution in [0.15, 0.2) is 40.8 Å². The first kappa shape index (κ1) is 14.7. The molecule has 0 bridgehead atoms. The summed E-state index contributed by atoms with van der Waals surface area (Å²) in [7, 11) is -3.65. The van der Waals surface area contributed by atoms with Crippen molar-refractivity contribution < 1.29 is 18.3 Å². The lowest BCUT2D eigenvalue weighted by molar-refractivity contribution is 0.0696. The molecule has 1 aliphatic rings. The molecule has 0 heterocycles. The van der Waals surface area contributed by atoms with Crippen LogP contribution in [0, 0.1) is 0 Å². The van der Waals surface area contributed by atoms with E-state index in [1.807, 2.05) is 0 Å².